The monoisotopic (exact) mass is 392 g/mol. The summed E-state index contributed by atoms with van der Waals surface area (Å²) < 4.78 is 5.52. The first-order valence-corrected chi connectivity index (χ1v) is 10.5. The molecule has 0 amide bonds. The summed E-state index contributed by atoms with van der Waals surface area (Å²) in [7, 11) is 3.84. The highest BCUT2D eigenvalue weighted by atomic mass is 16.5. The number of hydrogen-bond donors (Lipinski definition) is 2. The molecule has 0 fully saturated rings. The van der Waals surface area contributed by atoms with Gasteiger partial charge in [-0.2, -0.15) is 0 Å². The van der Waals surface area contributed by atoms with E-state index in [9.17, 15) is 0 Å². The van der Waals surface area contributed by atoms with Crippen LogP contribution >= 0.6 is 0 Å². The molecule has 29 heavy (non-hydrogen) atoms. The van der Waals surface area contributed by atoms with Gasteiger partial charge in [0.05, 0.1) is 6.61 Å². The Labute approximate surface area is 177 Å². The van der Waals surface area contributed by atoms with Crippen molar-refractivity contribution in [2.24, 2.45) is 0 Å². The molecule has 0 saturated carbocycles. The Morgan fingerprint density at radius 1 is 0.655 bits per heavy atom. The summed E-state index contributed by atoms with van der Waals surface area (Å²) in [6, 6.07) is 26.8. The van der Waals surface area contributed by atoms with E-state index >= 15 is 0 Å². The summed E-state index contributed by atoms with van der Waals surface area (Å²) in [5, 5.41) is 6.17. The van der Waals surface area contributed by atoms with Gasteiger partial charge in [-0.1, -0.05) is 69.7 Å². The molecule has 2 N–H and O–H groups in total. The number of benzene rings is 3. The Kier molecular flexibility index (Phi) is 12.5. The van der Waals surface area contributed by atoms with E-state index in [4.69, 9.17) is 4.74 Å². The number of rotatable bonds is 7. The molecule has 0 aliphatic rings. The fourth-order valence-corrected chi connectivity index (χ4v) is 2.51. The van der Waals surface area contributed by atoms with Gasteiger partial charge in [-0.15, -0.1) is 0 Å². The first-order chi connectivity index (χ1) is 14.3. The van der Waals surface area contributed by atoms with Crippen LogP contribution < -0.4 is 15.4 Å². The van der Waals surface area contributed by atoms with Crippen LogP contribution in [0.2, 0.25) is 0 Å². The number of anilines is 2. The quantitative estimate of drug-likeness (QED) is 0.413. The van der Waals surface area contributed by atoms with Crippen LogP contribution in [0, 0.1) is 0 Å². The Morgan fingerprint density at radius 3 is 1.62 bits per heavy atom. The normalized spacial score (nSPS) is 9.28. The number of unbranched alkanes of at least 4 members (excludes halogenated alkanes) is 1. The van der Waals surface area contributed by atoms with E-state index in [0.29, 0.717) is 0 Å². The maximum atomic E-state index is 5.52. The Morgan fingerprint density at radius 2 is 1.14 bits per heavy atom. The third-order valence-electron chi connectivity index (χ3n) is 4.19. The van der Waals surface area contributed by atoms with Crippen molar-refractivity contribution in [1.29, 1.82) is 0 Å². The average molecular weight is 393 g/mol. The summed E-state index contributed by atoms with van der Waals surface area (Å²) in [5.74, 6) is 0.951. The Hall–Kier alpha value is -2.94. The predicted molar refractivity (Wildman–Crippen MR) is 129 cm³/mol. The third-order valence-corrected chi connectivity index (χ3v) is 4.19. The molecule has 3 rings (SSSR count). The van der Waals surface area contributed by atoms with Gasteiger partial charge < -0.3 is 15.4 Å². The summed E-state index contributed by atoms with van der Waals surface area (Å²) >= 11 is 0. The van der Waals surface area contributed by atoms with Crippen molar-refractivity contribution < 1.29 is 4.74 Å². The fraction of sp³-hybridized carbons (Fsp3) is 0.308. The first kappa shape index (κ1) is 24.1. The van der Waals surface area contributed by atoms with E-state index in [0.717, 1.165) is 30.2 Å². The van der Waals surface area contributed by atoms with Gasteiger partial charge in [-0.05, 0) is 53.9 Å². The zero-order valence-corrected chi connectivity index (χ0v) is 18.5. The van der Waals surface area contributed by atoms with Crippen LogP contribution in [0.25, 0.3) is 11.1 Å². The summed E-state index contributed by atoms with van der Waals surface area (Å²) in [4.78, 5) is 0. The molecule has 3 heteroatoms. The molecular weight excluding hydrogens is 356 g/mol. The van der Waals surface area contributed by atoms with Crippen LogP contribution in [0.5, 0.6) is 5.75 Å². The molecule has 0 bridgehead atoms. The van der Waals surface area contributed by atoms with Crippen molar-refractivity contribution in [3.63, 3.8) is 0 Å². The van der Waals surface area contributed by atoms with Gasteiger partial charge in [-0.3, -0.25) is 0 Å². The van der Waals surface area contributed by atoms with Gasteiger partial charge in [0.1, 0.15) is 5.75 Å². The van der Waals surface area contributed by atoms with Crippen LogP contribution in [-0.4, -0.2) is 20.7 Å². The molecule has 3 aromatic rings. The molecular formula is C26H36N2O. The molecule has 0 heterocycles. The second-order valence-corrected chi connectivity index (χ2v) is 6.17. The van der Waals surface area contributed by atoms with Crippen LogP contribution in [0.3, 0.4) is 0 Å². The van der Waals surface area contributed by atoms with Crippen LogP contribution in [0.4, 0.5) is 11.4 Å². The topological polar surface area (TPSA) is 33.3 Å². The van der Waals surface area contributed by atoms with Gasteiger partial charge in [-0.25, -0.2) is 0 Å². The molecule has 156 valence electrons. The number of nitrogens with one attached hydrogen (secondary N) is 2. The van der Waals surface area contributed by atoms with E-state index in [1.165, 1.54) is 17.5 Å². The van der Waals surface area contributed by atoms with Gasteiger partial charge in [0.25, 0.3) is 0 Å². The molecule has 0 radical (unpaired) electrons. The van der Waals surface area contributed by atoms with E-state index < -0.39 is 0 Å². The highest BCUT2D eigenvalue weighted by Crippen LogP contribution is 2.20. The van der Waals surface area contributed by atoms with Crippen molar-refractivity contribution in [1.82, 2.24) is 0 Å². The molecule has 3 aromatic carbocycles. The maximum Gasteiger partial charge on any atom is 0.119 e. The molecule has 0 aliphatic carbocycles. The molecule has 3 nitrogen and oxygen atoms in total. The summed E-state index contributed by atoms with van der Waals surface area (Å²) in [6.07, 6.45) is 2.29. The highest BCUT2D eigenvalue weighted by molar-refractivity contribution is 5.65. The van der Waals surface area contributed by atoms with Crippen LogP contribution in [-0.2, 0) is 0 Å². The lowest BCUT2D eigenvalue weighted by atomic mass is 10.1. The summed E-state index contributed by atoms with van der Waals surface area (Å²) in [5.41, 5.74) is 4.77. The van der Waals surface area contributed by atoms with Gasteiger partial charge in [0, 0.05) is 25.5 Å². The largest absolute Gasteiger partial charge is 0.494 e. The van der Waals surface area contributed by atoms with E-state index in [1.54, 1.807) is 0 Å². The maximum absolute atomic E-state index is 5.52. The van der Waals surface area contributed by atoms with Gasteiger partial charge >= 0.3 is 0 Å². The van der Waals surface area contributed by atoms with Crippen LogP contribution in [0.15, 0.2) is 78.9 Å². The van der Waals surface area contributed by atoms with Crippen molar-refractivity contribution >= 4 is 11.4 Å². The zero-order chi connectivity index (χ0) is 21.3. The SMILES string of the molecule is CC.CCCCOc1ccc(NC)cc1.CNc1ccc(-c2ccccc2)cc1. The second kappa shape index (κ2) is 15.0. The van der Waals surface area contributed by atoms with Crippen LogP contribution in [0.1, 0.15) is 33.6 Å². The average Bonchev–Trinajstić information content (AvgIpc) is 2.82. The highest BCUT2D eigenvalue weighted by Gasteiger charge is 1.95. The van der Waals surface area contributed by atoms with E-state index in [-0.39, 0.29) is 0 Å². The molecule has 0 aliphatic heterocycles. The van der Waals surface area contributed by atoms with Gasteiger partial charge in [0.2, 0.25) is 0 Å². The van der Waals surface area contributed by atoms with Crippen molar-refractivity contribution in [3.05, 3.63) is 78.9 Å². The Bertz CT molecular complexity index is 753. The standard InChI is InChI=1S/C13H13N.C11H17NO.C2H6/c1-14-13-9-7-12(8-10-13)11-5-3-2-4-6-11;1-3-4-9-13-11-7-5-10(12-2)6-8-11;1-2/h2-10,14H,1H3;5-8,12H,3-4,9H2,1-2H3;1-2H3. The number of ether oxygens (including phenoxy) is 1. The molecule has 0 unspecified atom stereocenters. The van der Waals surface area contributed by atoms with E-state index in [1.807, 2.05) is 58.3 Å². The predicted octanol–water partition coefficient (Wildman–Crippen LogP) is 7.33. The third kappa shape index (κ3) is 9.20. The van der Waals surface area contributed by atoms with Gasteiger partial charge in [0.15, 0.2) is 0 Å². The minimum Gasteiger partial charge on any atom is -0.494 e. The van der Waals surface area contributed by atoms with E-state index in [2.05, 4.69) is 66.1 Å². The fourth-order valence-electron chi connectivity index (χ4n) is 2.51. The minimum atomic E-state index is 0.815. The molecule has 0 spiro atoms. The summed E-state index contributed by atoms with van der Waals surface area (Å²) in [6.45, 7) is 6.98. The Balaban J connectivity index is 0.000000268. The lowest BCUT2D eigenvalue weighted by Crippen LogP contribution is -1.96. The smallest absolute Gasteiger partial charge is 0.119 e. The minimum absolute atomic E-state index is 0.815. The molecule has 0 saturated heterocycles. The lowest BCUT2D eigenvalue weighted by Gasteiger charge is -2.05. The van der Waals surface area contributed by atoms with Crippen molar-refractivity contribution in [3.8, 4) is 16.9 Å². The molecule has 0 atom stereocenters. The first-order valence-electron chi connectivity index (χ1n) is 10.5. The zero-order valence-electron chi connectivity index (χ0n) is 18.5. The van der Waals surface area contributed by atoms with Crippen molar-refractivity contribution in [2.75, 3.05) is 31.3 Å². The molecule has 0 aromatic heterocycles. The lowest BCUT2D eigenvalue weighted by molar-refractivity contribution is 0.309. The second-order valence-electron chi connectivity index (χ2n) is 6.17. The number of hydrogen-bond acceptors (Lipinski definition) is 3. The van der Waals surface area contributed by atoms with Crippen molar-refractivity contribution in [2.45, 2.75) is 33.6 Å².